The van der Waals surface area contributed by atoms with Gasteiger partial charge >= 0.3 is 0 Å². The zero-order valence-corrected chi connectivity index (χ0v) is 11.8. The molecule has 0 aliphatic carbocycles. The van der Waals surface area contributed by atoms with Crippen LogP contribution in [-0.4, -0.2) is 33.3 Å². The summed E-state index contributed by atoms with van der Waals surface area (Å²) in [5.74, 6) is 0.552. The van der Waals surface area contributed by atoms with Gasteiger partial charge < -0.3 is 4.74 Å². The molecule has 0 unspecified atom stereocenters. The third-order valence-corrected chi connectivity index (χ3v) is 3.54. The van der Waals surface area contributed by atoms with Crippen molar-refractivity contribution in [3.63, 3.8) is 0 Å². The molecule has 0 saturated carbocycles. The second-order valence-corrected chi connectivity index (χ2v) is 6.81. The number of hydrogen-bond acceptors (Lipinski definition) is 4. The van der Waals surface area contributed by atoms with E-state index in [-0.39, 0.29) is 12.4 Å². The molecule has 94 valence electrons. The van der Waals surface area contributed by atoms with E-state index in [4.69, 9.17) is 4.74 Å². The molecule has 0 saturated heterocycles. The minimum atomic E-state index is -2.96. The molecular weight excluding hydrogens is 308 g/mol. The highest BCUT2D eigenvalue weighted by molar-refractivity contribution is 9.10. The van der Waals surface area contributed by atoms with E-state index in [9.17, 15) is 13.2 Å². The summed E-state index contributed by atoms with van der Waals surface area (Å²) in [5.41, 5.74) is 0.443. The van der Waals surface area contributed by atoms with E-state index in [0.717, 1.165) is 4.47 Å². The van der Waals surface area contributed by atoms with E-state index in [2.05, 4.69) is 15.9 Å². The number of carbonyl (C=O) groups is 1. The Balaban J connectivity index is 2.55. The quantitative estimate of drug-likeness (QED) is 0.594. The van der Waals surface area contributed by atoms with Gasteiger partial charge in [-0.2, -0.15) is 0 Å². The second kappa shape index (κ2) is 6.16. The monoisotopic (exact) mass is 320 g/mol. The molecule has 0 fully saturated rings. The van der Waals surface area contributed by atoms with Gasteiger partial charge in [-0.15, -0.1) is 0 Å². The lowest BCUT2D eigenvalue weighted by Gasteiger charge is -2.08. The molecule has 0 N–H and O–H groups in total. The Bertz CT molecular complexity index is 496. The lowest BCUT2D eigenvalue weighted by Crippen LogP contribution is -2.08. The number of ether oxygens (including phenoxy) is 1. The highest BCUT2D eigenvalue weighted by Crippen LogP contribution is 2.21. The van der Waals surface area contributed by atoms with Crippen LogP contribution in [0.3, 0.4) is 0 Å². The summed E-state index contributed by atoms with van der Waals surface area (Å²) in [6.45, 7) is 0.273. The summed E-state index contributed by atoms with van der Waals surface area (Å²) in [7, 11) is -2.96. The smallest absolute Gasteiger partial charge is 0.153 e. The molecular formula is C11H13BrO4S. The van der Waals surface area contributed by atoms with Gasteiger partial charge in [-0.25, -0.2) is 8.42 Å². The predicted molar refractivity (Wildman–Crippen MR) is 69.4 cm³/mol. The van der Waals surface area contributed by atoms with Crippen molar-refractivity contribution in [3.05, 3.63) is 28.2 Å². The van der Waals surface area contributed by atoms with Gasteiger partial charge in [0.2, 0.25) is 0 Å². The summed E-state index contributed by atoms with van der Waals surface area (Å²) in [4.78, 5) is 10.8. The molecule has 1 aromatic rings. The first-order chi connectivity index (χ1) is 7.92. The van der Waals surface area contributed by atoms with Crippen molar-refractivity contribution in [1.29, 1.82) is 0 Å². The minimum Gasteiger partial charge on any atom is -0.493 e. The fourth-order valence-corrected chi connectivity index (χ4v) is 2.27. The highest BCUT2D eigenvalue weighted by Gasteiger charge is 2.05. The number of aldehydes is 1. The van der Waals surface area contributed by atoms with Crippen molar-refractivity contribution in [1.82, 2.24) is 0 Å². The maximum Gasteiger partial charge on any atom is 0.153 e. The average Bonchev–Trinajstić information content (AvgIpc) is 2.24. The number of halogens is 1. The van der Waals surface area contributed by atoms with Crippen molar-refractivity contribution in [3.8, 4) is 5.75 Å². The van der Waals surface area contributed by atoms with Crippen LogP contribution in [0.2, 0.25) is 0 Å². The first kappa shape index (κ1) is 14.2. The Morgan fingerprint density at radius 2 is 2.12 bits per heavy atom. The van der Waals surface area contributed by atoms with Gasteiger partial charge in [0.1, 0.15) is 15.6 Å². The molecule has 1 aromatic carbocycles. The lowest BCUT2D eigenvalue weighted by molar-refractivity contribution is 0.111. The van der Waals surface area contributed by atoms with Crippen molar-refractivity contribution in [2.75, 3.05) is 18.6 Å². The van der Waals surface area contributed by atoms with Gasteiger partial charge in [0.25, 0.3) is 0 Å². The molecule has 17 heavy (non-hydrogen) atoms. The van der Waals surface area contributed by atoms with Crippen LogP contribution >= 0.6 is 15.9 Å². The number of benzene rings is 1. The SMILES string of the molecule is CS(=O)(=O)CCCOc1ccc(Br)cc1C=O. The molecule has 0 aromatic heterocycles. The molecule has 6 heteroatoms. The topological polar surface area (TPSA) is 60.4 Å². The Morgan fingerprint density at radius 1 is 1.41 bits per heavy atom. The molecule has 0 amide bonds. The minimum absolute atomic E-state index is 0.0833. The van der Waals surface area contributed by atoms with Crippen LogP contribution in [-0.2, 0) is 9.84 Å². The number of carbonyl (C=O) groups excluding carboxylic acids is 1. The van der Waals surface area contributed by atoms with Crippen molar-refractivity contribution in [2.45, 2.75) is 6.42 Å². The molecule has 0 aliphatic rings. The number of hydrogen-bond donors (Lipinski definition) is 0. The number of rotatable bonds is 6. The normalized spacial score (nSPS) is 11.2. The van der Waals surface area contributed by atoms with Crippen molar-refractivity contribution in [2.24, 2.45) is 0 Å². The molecule has 0 spiro atoms. The van der Waals surface area contributed by atoms with Crippen LogP contribution in [0.4, 0.5) is 0 Å². The van der Waals surface area contributed by atoms with Crippen molar-refractivity contribution < 1.29 is 17.9 Å². The van der Waals surface area contributed by atoms with E-state index < -0.39 is 9.84 Å². The van der Waals surface area contributed by atoms with Crippen LogP contribution in [0.25, 0.3) is 0 Å². The Labute approximate surface area is 109 Å². The van der Waals surface area contributed by atoms with E-state index in [1.807, 2.05) is 0 Å². The van der Waals surface area contributed by atoms with E-state index >= 15 is 0 Å². The molecule has 0 heterocycles. The van der Waals surface area contributed by atoms with Crippen LogP contribution < -0.4 is 4.74 Å². The van der Waals surface area contributed by atoms with Crippen molar-refractivity contribution >= 4 is 32.1 Å². The third kappa shape index (κ3) is 5.32. The van der Waals surface area contributed by atoms with Crippen LogP contribution in [0.1, 0.15) is 16.8 Å². The fraction of sp³-hybridized carbons (Fsp3) is 0.364. The summed E-state index contributed by atoms with van der Waals surface area (Å²) < 4.78 is 27.9. The molecule has 1 rings (SSSR count). The molecule has 0 bridgehead atoms. The zero-order valence-electron chi connectivity index (χ0n) is 9.35. The Morgan fingerprint density at radius 3 is 2.71 bits per heavy atom. The van der Waals surface area contributed by atoms with Gasteiger partial charge in [-0.3, -0.25) is 4.79 Å². The van der Waals surface area contributed by atoms with E-state index in [1.54, 1.807) is 18.2 Å². The van der Waals surface area contributed by atoms with Crippen LogP contribution in [0, 0.1) is 0 Å². The largest absolute Gasteiger partial charge is 0.493 e. The molecule has 0 radical (unpaired) electrons. The molecule has 4 nitrogen and oxygen atoms in total. The summed E-state index contributed by atoms with van der Waals surface area (Å²) in [5, 5.41) is 0. The van der Waals surface area contributed by atoms with Crippen LogP contribution in [0.5, 0.6) is 5.75 Å². The highest BCUT2D eigenvalue weighted by atomic mass is 79.9. The third-order valence-electron chi connectivity index (χ3n) is 2.02. The maximum absolute atomic E-state index is 10.9. The summed E-state index contributed by atoms with van der Waals surface area (Å²) in [6.07, 6.45) is 2.30. The predicted octanol–water partition coefficient (Wildman–Crippen LogP) is 2.08. The first-order valence-corrected chi connectivity index (χ1v) is 7.83. The van der Waals surface area contributed by atoms with Gasteiger partial charge in [-0.05, 0) is 24.6 Å². The first-order valence-electron chi connectivity index (χ1n) is 4.97. The second-order valence-electron chi connectivity index (χ2n) is 3.63. The Hall–Kier alpha value is -0.880. The average molecular weight is 321 g/mol. The zero-order chi connectivity index (χ0) is 12.9. The number of sulfone groups is 1. The molecule has 0 aliphatic heterocycles. The maximum atomic E-state index is 10.9. The Kier molecular flexibility index (Phi) is 5.14. The van der Waals surface area contributed by atoms with Gasteiger partial charge in [0.15, 0.2) is 6.29 Å². The van der Waals surface area contributed by atoms with Crippen LogP contribution in [0.15, 0.2) is 22.7 Å². The molecule has 0 atom stereocenters. The van der Waals surface area contributed by atoms with E-state index in [0.29, 0.717) is 24.0 Å². The summed E-state index contributed by atoms with van der Waals surface area (Å²) >= 11 is 3.25. The van der Waals surface area contributed by atoms with E-state index in [1.165, 1.54) is 6.26 Å². The lowest BCUT2D eigenvalue weighted by atomic mass is 10.2. The standard InChI is InChI=1S/C11H13BrO4S/c1-17(14,15)6-2-5-16-11-4-3-10(12)7-9(11)8-13/h3-4,7-8H,2,5-6H2,1H3. The fourth-order valence-electron chi connectivity index (χ4n) is 1.25. The van der Waals surface area contributed by atoms with Gasteiger partial charge in [0, 0.05) is 10.7 Å². The van der Waals surface area contributed by atoms with Gasteiger partial charge in [-0.1, -0.05) is 15.9 Å². The van der Waals surface area contributed by atoms with Gasteiger partial charge in [0.05, 0.1) is 17.9 Å². The summed E-state index contributed by atoms with van der Waals surface area (Å²) in [6, 6.07) is 5.09.